The Morgan fingerprint density at radius 3 is 2.88 bits per heavy atom. The van der Waals surface area contributed by atoms with Crippen LogP contribution in [0.4, 0.5) is 5.69 Å². The van der Waals surface area contributed by atoms with Gasteiger partial charge in [0.25, 0.3) is 0 Å². The van der Waals surface area contributed by atoms with E-state index >= 15 is 0 Å². The lowest BCUT2D eigenvalue weighted by Crippen LogP contribution is -2.46. The number of carboxylic acid groups (broad SMARTS) is 1. The van der Waals surface area contributed by atoms with Gasteiger partial charge in [-0.1, -0.05) is 36.4 Å². The number of aliphatic carboxylic acids is 1. The van der Waals surface area contributed by atoms with E-state index in [-0.39, 0.29) is 11.9 Å². The number of hydrogen-bond donors (Lipinski definition) is 0. The molecular formula is C19H18NO4-. The molecule has 0 radical (unpaired) electrons. The van der Waals surface area contributed by atoms with Crippen molar-refractivity contribution in [2.24, 2.45) is 11.8 Å². The highest BCUT2D eigenvalue weighted by molar-refractivity contribution is 6.03. The number of ether oxygens (including phenoxy) is 1. The van der Waals surface area contributed by atoms with Gasteiger partial charge in [0, 0.05) is 17.6 Å². The topological polar surface area (TPSA) is 69.7 Å². The molecular weight excluding hydrogens is 306 g/mol. The minimum atomic E-state index is -1.23. The molecule has 0 unspecified atom stereocenters. The number of nitrogens with zero attached hydrogens (tertiary/aromatic N) is 1. The van der Waals surface area contributed by atoms with E-state index in [2.05, 4.69) is 6.58 Å². The van der Waals surface area contributed by atoms with E-state index in [1.807, 2.05) is 37.3 Å². The molecule has 3 aliphatic rings. The van der Waals surface area contributed by atoms with Crippen molar-refractivity contribution in [2.45, 2.75) is 31.1 Å². The van der Waals surface area contributed by atoms with Crippen LogP contribution in [0.2, 0.25) is 0 Å². The number of carboxylic acids is 1. The highest BCUT2D eigenvalue weighted by Crippen LogP contribution is 2.56. The molecule has 0 saturated carbocycles. The Morgan fingerprint density at radius 1 is 1.46 bits per heavy atom. The van der Waals surface area contributed by atoms with Gasteiger partial charge >= 0.3 is 0 Å². The van der Waals surface area contributed by atoms with Crippen molar-refractivity contribution >= 4 is 17.6 Å². The summed E-state index contributed by atoms with van der Waals surface area (Å²) in [5.41, 5.74) is 0.832. The summed E-state index contributed by atoms with van der Waals surface area (Å²) in [7, 11) is 0. The fourth-order valence-electron chi connectivity index (χ4n) is 4.49. The number of carbonyl (C=O) groups is 2. The molecule has 5 atom stereocenters. The second kappa shape index (κ2) is 5.05. The molecule has 2 fully saturated rings. The lowest BCUT2D eigenvalue weighted by Gasteiger charge is -2.33. The average molecular weight is 324 g/mol. The van der Waals surface area contributed by atoms with E-state index in [4.69, 9.17) is 4.74 Å². The third kappa shape index (κ3) is 1.73. The normalized spacial score (nSPS) is 36.2. The Balaban J connectivity index is 1.87. The zero-order valence-corrected chi connectivity index (χ0v) is 13.3. The largest absolute Gasteiger partial charge is 0.550 e. The van der Waals surface area contributed by atoms with E-state index in [1.54, 1.807) is 17.1 Å². The second-order valence-corrected chi connectivity index (χ2v) is 6.65. The molecule has 0 N–H and O–H groups in total. The monoisotopic (exact) mass is 324 g/mol. The molecule has 24 heavy (non-hydrogen) atoms. The SMILES string of the molecule is C=CC[C@H]1N(c2ccccc2C)C(=O)[C@@H]2[C@H](C(=O)[O-])[C@H]3C=C[C@]21O3. The van der Waals surface area contributed by atoms with Crippen LogP contribution in [0, 0.1) is 18.8 Å². The van der Waals surface area contributed by atoms with Crippen molar-refractivity contribution in [3.63, 3.8) is 0 Å². The molecule has 1 amide bonds. The molecule has 3 heterocycles. The summed E-state index contributed by atoms with van der Waals surface area (Å²) in [5, 5.41) is 11.6. The zero-order chi connectivity index (χ0) is 17.1. The average Bonchev–Trinajstić information content (AvgIpc) is 3.18. The minimum Gasteiger partial charge on any atom is -0.550 e. The lowest BCUT2D eigenvalue weighted by atomic mass is 9.74. The minimum absolute atomic E-state index is 0.211. The summed E-state index contributed by atoms with van der Waals surface area (Å²) < 4.78 is 6.04. The lowest BCUT2D eigenvalue weighted by molar-refractivity contribution is -0.313. The molecule has 1 aromatic carbocycles. The summed E-state index contributed by atoms with van der Waals surface area (Å²) >= 11 is 0. The van der Waals surface area contributed by atoms with E-state index in [9.17, 15) is 14.7 Å². The fraction of sp³-hybridized carbons (Fsp3) is 0.368. The summed E-state index contributed by atoms with van der Waals surface area (Å²) in [5.74, 6) is -3.13. The number of fused-ring (bicyclic) bond motifs is 1. The van der Waals surface area contributed by atoms with Gasteiger partial charge in [-0.15, -0.1) is 6.58 Å². The van der Waals surface area contributed by atoms with Gasteiger partial charge in [-0.05, 0) is 25.0 Å². The molecule has 0 aromatic heterocycles. The van der Waals surface area contributed by atoms with Gasteiger partial charge in [0.15, 0.2) is 0 Å². The highest BCUT2D eigenvalue weighted by Gasteiger charge is 2.69. The fourth-order valence-corrected chi connectivity index (χ4v) is 4.49. The second-order valence-electron chi connectivity index (χ2n) is 6.65. The van der Waals surface area contributed by atoms with Gasteiger partial charge in [0.2, 0.25) is 5.91 Å². The molecule has 0 aliphatic carbocycles. The number of benzene rings is 1. The van der Waals surface area contributed by atoms with Crippen molar-refractivity contribution in [1.29, 1.82) is 0 Å². The van der Waals surface area contributed by atoms with E-state index in [1.165, 1.54) is 0 Å². The number of anilines is 1. The first kappa shape index (κ1) is 15.1. The van der Waals surface area contributed by atoms with Gasteiger partial charge in [-0.2, -0.15) is 0 Å². The van der Waals surface area contributed by atoms with Crippen LogP contribution >= 0.6 is 0 Å². The first-order chi connectivity index (χ1) is 11.5. The molecule has 2 bridgehead atoms. The summed E-state index contributed by atoms with van der Waals surface area (Å²) in [6.45, 7) is 5.74. The molecule has 2 saturated heterocycles. The van der Waals surface area contributed by atoms with Crippen LogP contribution in [0.1, 0.15) is 12.0 Å². The van der Waals surface area contributed by atoms with E-state index in [0.29, 0.717) is 6.42 Å². The Kier molecular flexibility index (Phi) is 3.18. The standard InChI is InChI=1S/C19H19NO4/c1-3-6-14-19-10-9-13(24-19)15(18(22)23)16(19)17(21)20(14)12-8-5-4-7-11(12)2/h3-5,7-10,13-16H,1,6H2,2H3,(H,22,23)/p-1/t13-,14-,15-,16+,19-/m1/s1. The summed E-state index contributed by atoms with van der Waals surface area (Å²) in [4.78, 5) is 26.5. The van der Waals surface area contributed by atoms with Gasteiger partial charge < -0.3 is 19.5 Å². The van der Waals surface area contributed by atoms with Gasteiger partial charge in [0.1, 0.15) is 5.60 Å². The number of aryl methyl sites for hydroxylation is 1. The maximum atomic E-state index is 13.2. The predicted octanol–water partition coefficient (Wildman–Crippen LogP) is 0.976. The zero-order valence-electron chi connectivity index (χ0n) is 13.3. The van der Waals surface area contributed by atoms with Gasteiger partial charge in [-0.3, -0.25) is 4.79 Å². The van der Waals surface area contributed by atoms with Crippen LogP contribution < -0.4 is 10.0 Å². The van der Waals surface area contributed by atoms with Crippen LogP contribution in [-0.4, -0.2) is 29.6 Å². The van der Waals surface area contributed by atoms with Crippen molar-refractivity contribution < 1.29 is 19.4 Å². The van der Waals surface area contributed by atoms with E-state index < -0.39 is 29.5 Å². The van der Waals surface area contributed by atoms with Crippen LogP contribution in [0.25, 0.3) is 0 Å². The van der Waals surface area contributed by atoms with Crippen LogP contribution in [0.3, 0.4) is 0 Å². The Labute approximate surface area is 140 Å². The highest BCUT2D eigenvalue weighted by atomic mass is 16.5. The maximum absolute atomic E-state index is 13.2. The molecule has 124 valence electrons. The number of rotatable bonds is 4. The summed E-state index contributed by atoms with van der Waals surface area (Å²) in [6, 6.07) is 7.29. The first-order valence-electron chi connectivity index (χ1n) is 8.09. The molecule has 1 spiro atoms. The number of hydrogen-bond acceptors (Lipinski definition) is 4. The maximum Gasteiger partial charge on any atom is 0.234 e. The molecule has 4 rings (SSSR count). The Hall–Kier alpha value is -2.40. The van der Waals surface area contributed by atoms with Crippen molar-refractivity contribution in [1.82, 2.24) is 0 Å². The first-order valence-corrected chi connectivity index (χ1v) is 8.09. The smallest absolute Gasteiger partial charge is 0.234 e. The third-order valence-electron chi connectivity index (χ3n) is 5.46. The number of amides is 1. The van der Waals surface area contributed by atoms with E-state index in [0.717, 1.165) is 11.3 Å². The molecule has 3 aliphatic heterocycles. The van der Waals surface area contributed by atoms with Crippen molar-refractivity contribution in [3.8, 4) is 0 Å². The molecule has 1 aromatic rings. The van der Waals surface area contributed by atoms with Crippen LogP contribution in [0.5, 0.6) is 0 Å². The Bertz CT molecular complexity index is 770. The summed E-state index contributed by atoms with van der Waals surface area (Å²) in [6.07, 6.45) is 5.30. The van der Waals surface area contributed by atoms with Crippen molar-refractivity contribution in [2.75, 3.05) is 4.90 Å². The number of para-hydroxylation sites is 1. The predicted molar refractivity (Wildman–Crippen MR) is 86.0 cm³/mol. The third-order valence-corrected chi connectivity index (χ3v) is 5.46. The Morgan fingerprint density at radius 2 is 2.21 bits per heavy atom. The van der Waals surface area contributed by atoms with Crippen molar-refractivity contribution in [3.05, 3.63) is 54.6 Å². The molecule has 5 heteroatoms. The van der Waals surface area contributed by atoms with Crippen LogP contribution in [0.15, 0.2) is 49.1 Å². The number of carbonyl (C=O) groups excluding carboxylic acids is 2. The van der Waals surface area contributed by atoms with Gasteiger partial charge in [0.05, 0.1) is 18.1 Å². The molecule has 5 nitrogen and oxygen atoms in total. The van der Waals surface area contributed by atoms with Gasteiger partial charge in [-0.25, -0.2) is 0 Å². The quantitative estimate of drug-likeness (QED) is 0.774. The van der Waals surface area contributed by atoms with Crippen LogP contribution in [-0.2, 0) is 14.3 Å².